The maximum absolute atomic E-state index is 13.2. The molecule has 0 aliphatic rings. The summed E-state index contributed by atoms with van der Waals surface area (Å²) in [5, 5.41) is 2.80. The molecule has 1 unspecified atom stereocenters. The van der Waals surface area contributed by atoms with E-state index in [1.165, 1.54) is 18.3 Å². The van der Waals surface area contributed by atoms with Crippen LogP contribution in [-0.2, 0) is 0 Å². The zero-order valence-corrected chi connectivity index (χ0v) is 11.9. The SMILES string of the molecule is CCC(C)NC(=O)c1cnc(-c2cccc(F)c2)nc1N. The number of nitrogens with two attached hydrogens (primary N) is 1. The van der Waals surface area contributed by atoms with Crippen molar-refractivity contribution >= 4 is 11.7 Å². The van der Waals surface area contributed by atoms with Crippen molar-refractivity contribution in [2.45, 2.75) is 26.3 Å². The molecular formula is C15H17FN4O. The minimum atomic E-state index is -0.381. The second-order valence-corrected chi connectivity index (χ2v) is 4.79. The number of hydrogen-bond acceptors (Lipinski definition) is 4. The highest BCUT2D eigenvalue weighted by molar-refractivity contribution is 5.98. The van der Waals surface area contributed by atoms with Crippen LogP contribution in [0.15, 0.2) is 30.5 Å². The number of nitrogen functional groups attached to an aromatic ring is 1. The van der Waals surface area contributed by atoms with Crippen LogP contribution in [0.4, 0.5) is 10.2 Å². The average Bonchev–Trinajstić information content (AvgIpc) is 2.46. The van der Waals surface area contributed by atoms with Crippen molar-refractivity contribution in [1.82, 2.24) is 15.3 Å². The Morgan fingerprint density at radius 3 is 2.86 bits per heavy atom. The van der Waals surface area contributed by atoms with Crippen LogP contribution >= 0.6 is 0 Å². The van der Waals surface area contributed by atoms with Crippen LogP contribution in [0.3, 0.4) is 0 Å². The first-order chi connectivity index (χ1) is 10.0. The molecule has 2 aromatic rings. The van der Waals surface area contributed by atoms with E-state index < -0.39 is 0 Å². The summed E-state index contributed by atoms with van der Waals surface area (Å²) in [7, 11) is 0. The maximum Gasteiger partial charge on any atom is 0.256 e. The minimum absolute atomic E-state index is 0.0415. The highest BCUT2D eigenvalue weighted by Crippen LogP contribution is 2.18. The molecule has 1 amide bonds. The third-order valence-electron chi connectivity index (χ3n) is 3.14. The Labute approximate surface area is 122 Å². The number of hydrogen-bond donors (Lipinski definition) is 2. The third-order valence-corrected chi connectivity index (χ3v) is 3.14. The topological polar surface area (TPSA) is 80.9 Å². The minimum Gasteiger partial charge on any atom is -0.383 e. The fraction of sp³-hybridized carbons (Fsp3) is 0.267. The van der Waals surface area contributed by atoms with Gasteiger partial charge in [0.2, 0.25) is 0 Å². The molecule has 5 nitrogen and oxygen atoms in total. The lowest BCUT2D eigenvalue weighted by molar-refractivity contribution is 0.0939. The van der Waals surface area contributed by atoms with Crippen molar-refractivity contribution in [2.75, 3.05) is 5.73 Å². The predicted molar refractivity (Wildman–Crippen MR) is 79.1 cm³/mol. The number of aromatic nitrogens is 2. The summed E-state index contributed by atoms with van der Waals surface area (Å²) >= 11 is 0. The van der Waals surface area contributed by atoms with Gasteiger partial charge in [0.25, 0.3) is 5.91 Å². The summed E-state index contributed by atoms with van der Waals surface area (Å²) < 4.78 is 13.2. The number of rotatable bonds is 4. The number of amides is 1. The highest BCUT2D eigenvalue weighted by atomic mass is 19.1. The van der Waals surface area contributed by atoms with E-state index >= 15 is 0 Å². The largest absolute Gasteiger partial charge is 0.383 e. The fourth-order valence-corrected chi connectivity index (χ4v) is 1.74. The molecule has 0 bridgehead atoms. The van der Waals surface area contributed by atoms with E-state index in [1.807, 2.05) is 13.8 Å². The van der Waals surface area contributed by atoms with Crippen molar-refractivity contribution in [3.05, 3.63) is 41.8 Å². The molecule has 21 heavy (non-hydrogen) atoms. The van der Waals surface area contributed by atoms with E-state index in [1.54, 1.807) is 12.1 Å². The fourth-order valence-electron chi connectivity index (χ4n) is 1.74. The second-order valence-electron chi connectivity index (χ2n) is 4.79. The first-order valence-electron chi connectivity index (χ1n) is 6.70. The summed E-state index contributed by atoms with van der Waals surface area (Å²) in [6.45, 7) is 3.87. The van der Waals surface area contributed by atoms with E-state index in [9.17, 15) is 9.18 Å². The average molecular weight is 288 g/mol. The van der Waals surface area contributed by atoms with Gasteiger partial charge in [0.05, 0.1) is 5.56 Å². The van der Waals surface area contributed by atoms with E-state index in [2.05, 4.69) is 15.3 Å². The zero-order valence-electron chi connectivity index (χ0n) is 11.9. The van der Waals surface area contributed by atoms with Gasteiger partial charge in [-0.05, 0) is 25.5 Å². The number of carbonyl (C=O) groups is 1. The lowest BCUT2D eigenvalue weighted by Gasteiger charge is -2.12. The van der Waals surface area contributed by atoms with Gasteiger partial charge in [0, 0.05) is 17.8 Å². The molecule has 1 aromatic heterocycles. The molecular weight excluding hydrogens is 271 g/mol. The van der Waals surface area contributed by atoms with Crippen molar-refractivity contribution < 1.29 is 9.18 Å². The van der Waals surface area contributed by atoms with Crippen LogP contribution in [0.1, 0.15) is 30.6 Å². The number of nitrogens with zero attached hydrogens (tertiary/aromatic N) is 2. The normalized spacial score (nSPS) is 12.0. The molecule has 1 atom stereocenters. The molecule has 0 spiro atoms. The quantitative estimate of drug-likeness (QED) is 0.905. The van der Waals surface area contributed by atoms with Crippen molar-refractivity contribution in [3.8, 4) is 11.4 Å². The summed E-state index contributed by atoms with van der Waals surface area (Å²) in [5.41, 5.74) is 6.54. The van der Waals surface area contributed by atoms with Crippen molar-refractivity contribution in [2.24, 2.45) is 0 Å². The van der Waals surface area contributed by atoms with Gasteiger partial charge in [-0.1, -0.05) is 19.1 Å². The summed E-state index contributed by atoms with van der Waals surface area (Å²) in [6.07, 6.45) is 2.17. The Morgan fingerprint density at radius 2 is 2.24 bits per heavy atom. The molecule has 1 aromatic carbocycles. The van der Waals surface area contributed by atoms with E-state index in [4.69, 9.17) is 5.73 Å². The summed E-state index contributed by atoms with van der Waals surface area (Å²) in [4.78, 5) is 20.2. The highest BCUT2D eigenvalue weighted by Gasteiger charge is 2.15. The lowest BCUT2D eigenvalue weighted by Crippen LogP contribution is -2.32. The molecule has 3 N–H and O–H groups in total. The van der Waals surface area contributed by atoms with Gasteiger partial charge in [0.1, 0.15) is 11.6 Å². The first kappa shape index (κ1) is 14.9. The smallest absolute Gasteiger partial charge is 0.256 e. The van der Waals surface area contributed by atoms with Gasteiger partial charge >= 0.3 is 0 Å². The van der Waals surface area contributed by atoms with Crippen LogP contribution in [0.25, 0.3) is 11.4 Å². The van der Waals surface area contributed by atoms with Gasteiger partial charge in [0.15, 0.2) is 5.82 Å². The van der Waals surface area contributed by atoms with Crippen LogP contribution in [-0.4, -0.2) is 21.9 Å². The molecule has 0 saturated heterocycles. The molecule has 1 heterocycles. The van der Waals surface area contributed by atoms with Crippen LogP contribution < -0.4 is 11.1 Å². The number of carbonyl (C=O) groups excluding carboxylic acids is 1. The van der Waals surface area contributed by atoms with Crippen LogP contribution in [0, 0.1) is 5.82 Å². The number of anilines is 1. The van der Waals surface area contributed by atoms with E-state index in [-0.39, 0.29) is 35.0 Å². The summed E-state index contributed by atoms with van der Waals surface area (Å²) in [5.74, 6) is -0.335. The lowest BCUT2D eigenvalue weighted by atomic mass is 10.2. The number of halogens is 1. The predicted octanol–water partition coefficient (Wildman–Crippen LogP) is 2.39. The van der Waals surface area contributed by atoms with E-state index in [0.717, 1.165) is 6.42 Å². The Morgan fingerprint density at radius 1 is 1.48 bits per heavy atom. The molecule has 0 aliphatic heterocycles. The van der Waals surface area contributed by atoms with Crippen LogP contribution in [0.5, 0.6) is 0 Å². The zero-order chi connectivity index (χ0) is 15.4. The van der Waals surface area contributed by atoms with Gasteiger partial charge in [-0.3, -0.25) is 4.79 Å². The third kappa shape index (κ3) is 3.53. The van der Waals surface area contributed by atoms with Gasteiger partial charge in [-0.25, -0.2) is 14.4 Å². The molecule has 6 heteroatoms. The molecule has 0 radical (unpaired) electrons. The summed E-state index contributed by atoms with van der Waals surface area (Å²) in [6, 6.07) is 5.93. The molecule has 110 valence electrons. The van der Waals surface area contributed by atoms with Crippen molar-refractivity contribution in [1.29, 1.82) is 0 Å². The Kier molecular flexibility index (Phi) is 4.47. The molecule has 0 saturated carbocycles. The maximum atomic E-state index is 13.2. The second kappa shape index (κ2) is 6.30. The number of benzene rings is 1. The molecule has 0 aliphatic carbocycles. The van der Waals surface area contributed by atoms with Crippen LogP contribution in [0.2, 0.25) is 0 Å². The van der Waals surface area contributed by atoms with Gasteiger partial charge in [-0.15, -0.1) is 0 Å². The first-order valence-corrected chi connectivity index (χ1v) is 6.70. The number of nitrogens with one attached hydrogen (secondary N) is 1. The van der Waals surface area contributed by atoms with Gasteiger partial charge < -0.3 is 11.1 Å². The molecule has 2 rings (SSSR count). The van der Waals surface area contributed by atoms with E-state index in [0.29, 0.717) is 5.56 Å². The van der Waals surface area contributed by atoms with Crippen molar-refractivity contribution in [3.63, 3.8) is 0 Å². The van der Waals surface area contributed by atoms with Gasteiger partial charge in [-0.2, -0.15) is 0 Å². The Balaban J connectivity index is 2.27. The standard InChI is InChI=1S/C15H17FN4O/c1-3-9(2)19-15(21)12-8-18-14(20-13(12)17)10-5-4-6-11(16)7-10/h4-9H,3H2,1-2H3,(H,19,21)(H2,17,18,20). The molecule has 0 fully saturated rings. The Hall–Kier alpha value is -2.50. The Bertz CT molecular complexity index is 660. The monoisotopic (exact) mass is 288 g/mol.